The Hall–Kier alpha value is -3.22. The van der Waals surface area contributed by atoms with Crippen LogP contribution < -0.4 is 10.3 Å². The summed E-state index contributed by atoms with van der Waals surface area (Å²) in [6, 6.07) is 4.94. The van der Waals surface area contributed by atoms with E-state index in [1.807, 2.05) is 15.5 Å². The maximum atomic E-state index is 14.9. The molecular weight excluding hydrogens is 349 g/mol. The predicted molar refractivity (Wildman–Crippen MR) is 97.5 cm³/mol. The zero-order valence-electron chi connectivity index (χ0n) is 14.4. The number of aromatic nitrogens is 2. The van der Waals surface area contributed by atoms with E-state index in [4.69, 9.17) is 0 Å². The minimum absolute atomic E-state index is 0.112. The number of carboxylic acids is 1. The molecule has 1 saturated carbocycles. The summed E-state index contributed by atoms with van der Waals surface area (Å²) in [6.07, 6.45) is 6.74. The second kappa shape index (κ2) is 5.64. The lowest BCUT2D eigenvalue weighted by Crippen LogP contribution is -2.21. The van der Waals surface area contributed by atoms with Gasteiger partial charge in [0.25, 0.3) is 0 Å². The summed E-state index contributed by atoms with van der Waals surface area (Å²) in [7, 11) is 0. The van der Waals surface area contributed by atoms with Gasteiger partial charge < -0.3 is 14.6 Å². The van der Waals surface area contributed by atoms with Gasteiger partial charge in [0.15, 0.2) is 0 Å². The predicted octanol–water partition coefficient (Wildman–Crippen LogP) is 3.09. The average Bonchev–Trinajstić information content (AvgIpc) is 3.39. The van der Waals surface area contributed by atoms with Crippen LogP contribution in [0.4, 0.5) is 10.1 Å². The third kappa shape index (κ3) is 2.50. The molecule has 0 amide bonds. The molecule has 1 aliphatic carbocycles. The number of carboxylic acid groups (broad SMARTS) is 1. The van der Waals surface area contributed by atoms with Crippen molar-refractivity contribution in [2.75, 3.05) is 4.90 Å². The molecule has 0 atom stereocenters. The number of hydrogen-bond donors (Lipinski definition) is 1. The first-order valence-electron chi connectivity index (χ1n) is 8.81. The quantitative estimate of drug-likeness (QED) is 0.772. The number of nitrogens with zero attached hydrogens (tertiary/aromatic N) is 3. The van der Waals surface area contributed by atoms with Crippen LogP contribution in [0.25, 0.3) is 10.9 Å². The molecule has 2 aliphatic rings. The van der Waals surface area contributed by atoms with Crippen LogP contribution in [-0.4, -0.2) is 20.6 Å². The second-order valence-electron chi connectivity index (χ2n) is 7.14. The van der Waals surface area contributed by atoms with Gasteiger partial charge in [0.1, 0.15) is 11.4 Å². The fraction of sp³-hybridized carbons (Fsp3) is 0.250. The van der Waals surface area contributed by atoms with E-state index in [-0.39, 0.29) is 17.0 Å². The third-order valence-corrected chi connectivity index (χ3v) is 5.34. The number of aromatic carboxylic acids is 1. The number of carbonyl (C=O) groups is 1. The Kier molecular flexibility index (Phi) is 3.34. The van der Waals surface area contributed by atoms with Gasteiger partial charge in [-0.3, -0.25) is 9.78 Å². The zero-order valence-corrected chi connectivity index (χ0v) is 14.4. The van der Waals surface area contributed by atoms with Gasteiger partial charge in [-0.15, -0.1) is 0 Å². The van der Waals surface area contributed by atoms with Crippen molar-refractivity contribution in [3.8, 4) is 0 Å². The average molecular weight is 365 g/mol. The zero-order chi connectivity index (χ0) is 18.7. The molecule has 0 spiro atoms. The van der Waals surface area contributed by atoms with E-state index in [2.05, 4.69) is 4.98 Å². The fourth-order valence-corrected chi connectivity index (χ4v) is 3.80. The molecule has 0 radical (unpaired) electrons. The topological polar surface area (TPSA) is 75.4 Å². The van der Waals surface area contributed by atoms with Crippen molar-refractivity contribution in [2.24, 2.45) is 0 Å². The molecule has 1 fully saturated rings. The highest BCUT2D eigenvalue weighted by Gasteiger charge is 2.29. The molecular formula is C20H16FN3O3. The molecule has 1 aromatic carbocycles. The summed E-state index contributed by atoms with van der Waals surface area (Å²) in [4.78, 5) is 30.0. The lowest BCUT2D eigenvalue weighted by molar-refractivity contribution is 0.0695. The third-order valence-electron chi connectivity index (χ3n) is 5.34. The smallest absolute Gasteiger partial charge is 0.341 e. The lowest BCUT2D eigenvalue weighted by atomic mass is 10.1. The molecule has 3 heterocycles. The standard InChI is InChI=1S/C20H16FN3O3/c21-16-5-14-17(24(13-1-2-13)10-15(19(14)25)20(26)27)6-18(16)23-8-11-3-4-22-7-12(11)9-23/h3-7,10,13H,1-2,8-9H2,(H,26,27). The Morgan fingerprint density at radius 1 is 1.22 bits per heavy atom. The molecule has 5 rings (SSSR count). The maximum absolute atomic E-state index is 14.9. The van der Waals surface area contributed by atoms with Crippen molar-refractivity contribution in [3.63, 3.8) is 0 Å². The number of pyridine rings is 2. The van der Waals surface area contributed by atoms with Crippen LogP contribution in [0.2, 0.25) is 0 Å². The number of rotatable bonds is 3. The van der Waals surface area contributed by atoms with Crippen LogP contribution in [0.1, 0.15) is 40.4 Å². The Morgan fingerprint density at radius 3 is 2.70 bits per heavy atom. The van der Waals surface area contributed by atoms with E-state index in [0.29, 0.717) is 24.3 Å². The minimum atomic E-state index is -1.29. The Morgan fingerprint density at radius 2 is 2.00 bits per heavy atom. The van der Waals surface area contributed by atoms with Crippen LogP contribution >= 0.6 is 0 Å². The van der Waals surface area contributed by atoms with Gasteiger partial charge in [0.05, 0.1) is 11.2 Å². The Balaban J connectivity index is 1.69. The Labute approximate surface area is 153 Å². The molecule has 2 aromatic heterocycles. The normalized spacial score (nSPS) is 16.0. The van der Waals surface area contributed by atoms with E-state index in [1.54, 1.807) is 18.5 Å². The summed E-state index contributed by atoms with van der Waals surface area (Å²) < 4.78 is 16.7. The summed E-state index contributed by atoms with van der Waals surface area (Å²) in [6.45, 7) is 1.12. The number of benzene rings is 1. The van der Waals surface area contributed by atoms with E-state index < -0.39 is 17.2 Å². The van der Waals surface area contributed by atoms with Crippen LogP contribution in [0.3, 0.4) is 0 Å². The molecule has 7 heteroatoms. The van der Waals surface area contributed by atoms with E-state index in [1.165, 1.54) is 12.3 Å². The molecule has 1 N–H and O–H groups in total. The van der Waals surface area contributed by atoms with Gasteiger partial charge in [-0.2, -0.15) is 0 Å². The monoisotopic (exact) mass is 365 g/mol. The SMILES string of the molecule is O=C(O)c1cn(C2CC2)c2cc(N3Cc4ccncc4C3)c(F)cc2c1=O. The summed E-state index contributed by atoms with van der Waals surface area (Å²) in [5.74, 6) is -1.81. The number of halogens is 1. The van der Waals surface area contributed by atoms with Crippen LogP contribution in [0, 0.1) is 5.82 Å². The summed E-state index contributed by atoms with van der Waals surface area (Å²) >= 11 is 0. The largest absolute Gasteiger partial charge is 0.477 e. The highest BCUT2D eigenvalue weighted by atomic mass is 19.1. The van der Waals surface area contributed by atoms with E-state index in [9.17, 15) is 19.1 Å². The summed E-state index contributed by atoms with van der Waals surface area (Å²) in [5.41, 5.74) is 2.19. The first-order valence-corrected chi connectivity index (χ1v) is 8.81. The molecule has 0 bridgehead atoms. The first-order chi connectivity index (χ1) is 13.0. The molecule has 1 aliphatic heterocycles. The van der Waals surface area contributed by atoms with E-state index in [0.717, 1.165) is 24.0 Å². The molecule has 136 valence electrons. The first kappa shape index (κ1) is 16.0. The highest BCUT2D eigenvalue weighted by Crippen LogP contribution is 2.39. The highest BCUT2D eigenvalue weighted by molar-refractivity contribution is 5.93. The fourth-order valence-electron chi connectivity index (χ4n) is 3.80. The molecule has 27 heavy (non-hydrogen) atoms. The number of anilines is 1. The van der Waals surface area contributed by atoms with Crippen LogP contribution in [0.5, 0.6) is 0 Å². The van der Waals surface area contributed by atoms with Gasteiger partial charge in [-0.25, -0.2) is 9.18 Å². The van der Waals surface area contributed by atoms with Gasteiger partial charge in [-0.1, -0.05) is 0 Å². The molecule has 0 unspecified atom stereocenters. The second-order valence-corrected chi connectivity index (χ2v) is 7.14. The van der Waals surface area contributed by atoms with Crippen molar-refractivity contribution >= 4 is 22.6 Å². The summed E-state index contributed by atoms with van der Waals surface area (Å²) in [5, 5.41) is 9.44. The van der Waals surface area contributed by atoms with Crippen molar-refractivity contribution < 1.29 is 14.3 Å². The number of fused-ring (bicyclic) bond motifs is 2. The van der Waals surface area contributed by atoms with Crippen LogP contribution in [-0.2, 0) is 13.1 Å². The molecule has 6 nitrogen and oxygen atoms in total. The van der Waals surface area contributed by atoms with Crippen molar-refractivity contribution in [2.45, 2.75) is 32.0 Å². The van der Waals surface area contributed by atoms with Gasteiger partial charge >= 0.3 is 5.97 Å². The van der Waals surface area contributed by atoms with Gasteiger partial charge in [-0.05, 0) is 42.2 Å². The van der Waals surface area contributed by atoms with Crippen molar-refractivity contribution in [3.05, 3.63) is 69.5 Å². The van der Waals surface area contributed by atoms with Crippen LogP contribution in [0.15, 0.2) is 41.6 Å². The Bertz CT molecular complexity index is 1140. The van der Waals surface area contributed by atoms with Crippen molar-refractivity contribution in [1.29, 1.82) is 0 Å². The molecule has 3 aromatic rings. The van der Waals surface area contributed by atoms with Gasteiger partial charge in [0, 0.05) is 43.1 Å². The maximum Gasteiger partial charge on any atom is 0.341 e. The lowest BCUT2D eigenvalue weighted by Gasteiger charge is -2.20. The molecule has 0 saturated heterocycles. The van der Waals surface area contributed by atoms with Crippen molar-refractivity contribution in [1.82, 2.24) is 9.55 Å². The van der Waals surface area contributed by atoms with E-state index >= 15 is 0 Å². The van der Waals surface area contributed by atoms with Gasteiger partial charge in [0.2, 0.25) is 5.43 Å². The minimum Gasteiger partial charge on any atom is -0.477 e. The number of hydrogen-bond acceptors (Lipinski definition) is 4.